The molecule has 0 aliphatic carbocycles. The lowest BCUT2D eigenvalue weighted by molar-refractivity contribution is -0.109. The van der Waals surface area contributed by atoms with E-state index in [1.54, 1.807) is 23.1 Å². The fraction of sp³-hybridized carbons (Fsp3) is 0.227. The van der Waals surface area contributed by atoms with Crippen LogP contribution in [0.5, 0.6) is 0 Å². The van der Waals surface area contributed by atoms with Gasteiger partial charge in [0.25, 0.3) is 0 Å². The van der Waals surface area contributed by atoms with Crippen LogP contribution in [0, 0.1) is 11.6 Å². The molecule has 0 radical (unpaired) electrons. The molecule has 156 valence electrons. The highest BCUT2D eigenvalue weighted by Crippen LogP contribution is 2.39. The van der Waals surface area contributed by atoms with Crippen molar-refractivity contribution in [2.45, 2.75) is 31.8 Å². The Balaban J connectivity index is 1.60. The number of carbonyl (C=O) groups excluding carboxylic acids is 1. The highest BCUT2D eigenvalue weighted by molar-refractivity contribution is 5.89. The predicted molar refractivity (Wildman–Crippen MR) is 111 cm³/mol. The molecular weight excluding hydrogens is 402 g/mol. The number of rotatable bonds is 4. The molecule has 1 aliphatic heterocycles. The summed E-state index contributed by atoms with van der Waals surface area (Å²) in [6.45, 7) is 3.99. The highest BCUT2D eigenvalue weighted by Gasteiger charge is 2.40. The summed E-state index contributed by atoms with van der Waals surface area (Å²) >= 11 is 0. The number of hydrogen-bond donors (Lipinski definition) is 1. The van der Waals surface area contributed by atoms with Gasteiger partial charge in [0.1, 0.15) is 29.4 Å². The predicted octanol–water partition coefficient (Wildman–Crippen LogP) is 3.49. The van der Waals surface area contributed by atoms with Gasteiger partial charge in [-0.3, -0.25) is 0 Å². The minimum absolute atomic E-state index is 0.0725. The number of nitrogens with zero attached hydrogens (tertiary/aromatic N) is 5. The van der Waals surface area contributed by atoms with E-state index in [0.717, 1.165) is 17.9 Å². The van der Waals surface area contributed by atoms with E-state index in [1.165, 1.54) is 12.1 Å². The van der Waals surface area contributed by atoms with Crippen LogP contribution in [-0.2, 0) is 16.8 Å². The number of anilines is 1. The fourth-order valence-corrected chi connectivity index (χ4v) is 3.87. The number of aldehydes is 1. The lowest BCUT2D eigenvalue weighted by atomic mass is 9.82. The standard InChI is InChI=1S/C22H18F2N6O/c1-22(2)15-9-26-20(28-19(15)27-17(22)11-31)18-14-4-3-7-25-21(14)30(29-18)10-12-5-6-13(23)8-16(12)24/h3-9,11,17H,10H2,1-2H3,(H,26,27,28). The third kappa shape index (κ3) is 3.04. The van der Waals surface area contributed by atoms with Crippen molar-refractivity contribution in [3.8, 4) is 11.5 Å². The van der Waals surface area contributed by atoms with Crippen LogP contribution in [0.15, 0.2) is 42.7 Å². The molecular formula is C22H18F2N6O. The van der Waals surface area contributed by atoms with Gasteiger partial charge < -0.3 is 10.1 Å². The maximum atomic E-state index is 14.2. The molecule has 0 spiro atoms. The first kappa shape index (κ1) is 19.2. The minimum Gasteiger partial charge on any atom is -0.359 e. The molecule has 1 N–H and O–H groups in total. The van der Waals surface area contributed by atoms with Gasteiger partial charge in [-0.25, -0.2) is 28.4 Å². The van der Waals surface area contributed by atoms with Crippen LogP contribution in [0.2, 0.25) is 0 Å². The second-order valence-electron chi connectivity index (χ2n) is 8.05. The Kier molecular flexibility index (Phi) is 4.28. The number of fused-ring (bicyclic) bond motifs is 2. The number of nitrogens with one attached hydrogen (secondary N) is 1. The van der Waals surface area contributed by atoms with E-state index in [9.17, 15) is 13.6 Å². The van der Waals surface area contributed by atoms with Crippen molar-refractivity contribution in [3.63, 3.8) is 0 Å². The van der Waals surface area contributed by atoms with Crippen molar-refractivity contribution in [1.29, 1.82) is 0 Å². The first-order valence-corrected chi connectivity index (χ1v) is 9.73. The van der Waals surface area contributed by atoms with E-state index in [0.29, 0.717) is 28.4 Å². The van der Waals surface area contributed by atoms with Crippen molar-refractivity contribution < 1.29 is 13.6 Å². The normalized spacial score (nSPS) is 16.8. The Morgan fingerprint density at radius 1 is 1.23 bits per heavy atom. The van der Waals surface area contributed by atoms with Crippen LogP contribution in [0.1, 0.15) is 25.0 Å². The summed E-state index contributed by atoms with van der Waals surface area (Å²) in [5.41, 5.74) is 1.73. The molecule has 3 aromatic heterocycles. The summed E-state index contributed by atoms with van der Waals surface area (Å²) in [7, 11) is 0. The Hall–Kier alpha value is -3.75. The average molecular weight is 420 g/mol. The number of carbonyl (C=O) groups is 1. The molecule has 1 aromatic carbocycles. The molecule has 31 heavy (non-hydrogen) atoms. The molecule has 1 unspecified atom stereocenters. The molecule has 0 saturated carbocycles. The van der Waals surface area contributed by atoms with Gasteiger partial charge in [-0.15, -0.1) is 0 Å². The minimum atomic E-state index is -0.652. The van der Waals surface area contributed by atoms with Crippen LogP contribution in [0.4, 0.5) is 14.6 Å². The van der Waals surface area contributed by atoms with Crippen molar-refractivity contribution in [2.24, 2.45) is 0 Å². The summed E-state index contributed by atoms with van der Waals surface area (Å²) < 4.78 is 29.0. The largest absolute Gasteiger partial charge is 0.359 e. The van der Waals surface area contributed by atoms with Gasteiger partial charge >= 0.3 is 0 Å². The number of pyridine rings is 1. The first-order chi connectivity index (χ1) is 14.9. The molecule has 0 fully saturated rings. The van der Waals surface area contributed by atoms with E-state index in [1.807, 2.05) is 19.9 Å². The third-order valence-electron chi connectivity index (χ3n) is 5.74. The topological polar surface area (TPSA) is 85.6 Å². The lowest BCUT2D eigenvalue weighted by Gasteiger charge is -2.21. The lowest BCUT2D eigenvalue weighted by Crippen LogP contribution is -2.34. The van der Waals surface area contributed by atoms with Gasteiger partial charge in [-0.1, -0.05) is 19.9 Å². The molecule has 4 heterocycles. The molecule has 0 saturated heterocycles. The Bertz CT molecular complexity index is 1330. The Morgan fingerprint density at radius 2 is 2.06 bits per heavy atom. The average Bonchev–Trinajstić information content (AvgIpc) is 3.24. The quantitative estimate of drug-likeness (QED) is 0.509. The number of aromatic nitrogens is 5. The van der Waals surface area contributed by atoms with Gasteiger partial charge in [0.2, 0.25) is 0 Å². The molecule has 7 nitrogen and oxygen atoms in total. The fourth-order valence-electron chi connectivity index (χ4n) is 3.87. The van der Waals surface area contributed by atoms with Gasteiger partial charge in [0.05, 0.1) is 18.0 Å². The third-order valence-corrected chi connectivity index (χ3v) is 5.74. The number of benzene rings is 1. The molecule has 9 heteroatoms. The van der Waals surface area contributed by atoms with E-state index < -0.39 is 23.1 Å². The number of halogens is 2. The molecule has 0 bridgehead atoms. The molecule has 1 aliphatic rings. The van der Waals surface area contributed by atoms with Crippen LogP contribution in [0.25, 0.3) is 22.6 Å². The van der Waals surface area contributed by atoms with E-state index in [4.69, 9.17) is 0 Å². The summed E-state index contributed by atoms with van der Waals surface area (Å²) in [6.07, 6.45) is 4.19. The zero-order chi connectivity index (χ0) is 21.8. The van der Waals surface area contributed by atoms with Crippen LogP contribution < -0.4 is 5.32 Å². The van der Waals surface area contributed by atoms with Crippen molar-refractivity contribution in [3.05, 3.63) is 65.5 Å². The van der Waals surface area contributed by atoms with E-state index >= 15 is 0 Å². The summed E-state index contributed by atoms with van der Waals surface area (Å²) in [6, 6.07) is 6.65. The van der Waals surface area contributed by atoms with Gasteiger partial charge in [0.15, 0.2) is 11.5 Å². The highest BCUT2D eigenvalue weighted by atomic mass is 19.1. The van der Waals surface area contributed by atoms with Crippen molar-refractivity contribution >= 4 is 23.1 Å². The maximum Gasteiger partial charge on any atom is 0.182 e. The van der Waals surface area contributed by atoms with Gasteiger partial charge in [0, 0.05) is 35.0 Å². The zero-order valence-corrected chi connectivity index (χ0v) is 16.8. The summed E-state index contributed by atoms with van der Waals surface area (Å²) in [4.78, 5) is 24.9. The molecule has 0 amide bonds. The monoisotopic (exact) mass is 420 g/mol. The Morgan fingerprint density at radius 3 is 2.84 bits per heavy atom. The molecule has 5 rings (SSSR count). The first-order valence-electron chi connectivity index (χ1n) is 9.73. The molecule has 4 aromatic rings. The van der Waals surface area contributed by atoms with Crippen molar-refractivity contribution in [2.75, 3.05) is 5.32 Å². The molecule has 1 atom stereocenters. The second kappa shape index (κ2) is 6.90. The van der Waals surface area contributed by atoms with Gasteiger partial charge in [-0.05, 0) is 18.2 Å². The van der Waals surface area contributed by atoms with Crippen LogP contribution in [-0.4, -0.2) is 37.1 Å². The summed E-state index contributed by atoms with van der Waals surface area (Å²) in [5, 5.41) is 8.43. The van der Waals surface area contributed by atoms with Crippen LogP contribution >= 0.6 is 0 Å². The summed E-state index contributed by atoms with van der Waals surface area (Å²) in [5.74, 6) is -0.338. The zero-order valence-electron chi connectivity index (χ0n) is 16.8. The van der Waals surface area contributed by atoms with Crippen molar-refractivity contribution in [1.82, 2.24) is 24.7 Å². The Labute approximate surface area is 176 Å². The van der Waals surface area contributed by atoms with E-state index in [-0.39, 0.29) is 12.1 Å². The van der Waals surface area contributed by atoms with Gasteiger partial charge in [-0.2, -0.15) is 5.10 Å². The SMILES string of the molecule is CC1(C)c2cnc(-c3nn(Cc4ccc(F)cc4F)c4ncccc34)nc2NC1C=O. The maximum absolute atomic E-state index is 14.2. The second-order valence-corrected chi connectivity index (χ2v) is 8.05. The smallest absolute Gasteiger partial charge is 0.182 e. The van der Waals surface area contributed by atoms with E-state index in [2.05, 4.69) is 25.4 Å². The van der Waals surface area contributed by atoms with Crippen LogP contribution in [0.3, 0.4) is 0 Å². The number of hydrogen-bond acceptors (Lipinski definition) is 6.